The lowest BCUT2D eigenvalue weighted by Gasteiger charge is -2.39. The fraction of sp³-hybridized carbons (Fsp3) is 0.462. The molecule has 0 aliphatic carbocycles. The van der Waals surface area contributed by atoms with E-state index in [9.17, 15) is 9.18 Å². The number of likely N-dealkylation sites (tertiary alicyclic amines) is 1. The van der Waals surface area contributed by atoms with Crippen LogP contribution in [0.1, 0.15) is 31.4 Å². The molecule has 0 bridgehead atoms. The second-order valence-electron chi connectivity index (χ2n) is 4.49. The Bertz CT molecular complexity index is 466. The third-order valence-corrected chi connectivity index (χ3v) is 3.87. The minimum Gasteiger partial charge on any atom is -0.334 e. The molecule has 1 fully saturated rings. The topological polar surface area (TPSA) is 46.3 Å². The molecule has 0 saturated carbocycles. The maximum absolute atomic E-state index is 14.0. The van der Waals surface area contributed by atoms with Crippen LogP contribution in [0.2, 0.25) is 0 Å². The van der Waals surface area contributed by atoms with Gasteiger partial charge in [0.05, 0.1) is 6.04 Å². The van der Waals surface area contributed by atoms with Crippen LogP contribution in [-0.2, 0) is 4.79 Å². The standard InChI is InChI=1S/C13H16BrFN2O/c1-2-17-12(18)6-5-11(16)13(17)9-4-3-8(14)7-10(9)15/h3-4,7,11,13H,2,5-6,16H2,1H3. The van der Waals surface area contributed by atoms with Crippen LogP contribution < -0.4 is 5.73 Å². The minimum absolute atomic E-state index is 0.0477. The molecule has 2 atom stereocenters. The first-order valence-corrected chi connectivity index (χ1v) is 6.84. The van der Waals surface area contributed by atoms with Crippen molar-refractivity contribution >= 4 is 21.8 Å². The zero-order valence-corrected chi connectivity index (χ0v) is 11.8. The predicted octanol–water partition coefficient (Wildman–Crippen LogP) is 2.60. The average molecular weight is 315 g/mol. The summed E-state index contributed by atoms with van der Waals surface area (Å²) >= 11 is 3.23. The Labute approximate surface area is 114 Å². The van der Waals surface area contributed by atoms with Crippen molar-refractivity contribution in [2.75, 3.05) is 6.54 Å². The van der Waals surface area contributed by atoms with Crippen molar-refractivity contribution in [1.82, 2.24) is 4.90 Å². The third-order valence-electron chi connectivity index (χ3n) is 3.38. The second-order valence-corrected chi connectivity index (χ2v) is 5.41. The summed E-state index contributed by atoms with van der Waals surface area (Å²) in [5.41, 5.74) is 6.57. The van der Waals surface area contributed by atoms with E-state index in [2.05, 4.69) is 15.9 Å². The summed E-state index contributed by atoms with van der Waals surface area (Å²) in [4.78, 5) is 13.5. The zero-order valence-electron chi connectivity index (χ0n) is 10.2. The van der Waals surface area contributed by atoms with Crippen molar-refractivity contribution in [3.63, 3.8) is 0 Å². The maximum atomic E-state index is 14.0. The van der Waals surface area contributed by atoms with Gasteiger partial charge >= 0.3 is 0 Å². The number of halogens is 2. The lowest BCUT2D eigenvalue weighted by Crippen LogP contribution is -2.48. The summed E-state index contributed by atoms with van der Waals surface area (Å²) in [6.45, 7) is 2.44. The highest BCUT2D eigenvalue weighted by Crippen LogP contribution is 2.33. The number of nitrogens with zero attached hydrogens (tertiary/aromatic N) is 1. The van der Waals surface area contributed by atoms with E-state index in [4.69, 9.17) is 5.73 Å². The number of carbonyl (C=O) groups excluding carboxylic acids is 1. The van der Waals surface area contributed by atoms with E-state index < -0.39 is 0 Å². The Morgan fingerprint density at radius 2 is 2.28 bits per heavy atom. The SMILES string of the molecule is CCN1C(=O)CCC(N)C1c1ccc(Br)cc1F. The van der Waals surface area contributed by atoms with Crippen molar-refractivity contribution in [3.8, 4) is 0 Å². The van der Waals surface area contributed by atoms with Gasteiger partial charge < -0.3 is 10.6 Å². The molecular formula is C13H16BrFN2O. The molecule has 0 aromatic heterocycles. The molecule has 5 heteroatoms. The van der Waals surface area contributed by atoms with Gasteiger partial charge in [-0.3, -0.25) is 4.79 Å². The van der Waals surface area contributed by atoms with Crippen molar-refractivity contribution in [2.24, 2.45) is 5.73 Å². The molecule has 2 N–H and O–H groups in total. The number of carbonyl (C=O) groups is 1. The Kier molecular flexibility index (Phi) is 4.02. The van der Waals surface area contributed by atoms with E-state index in [1.165, 1.54) is 6.07 Å². The van der Waals surface area contributed by atoms with Crippen LogP contribution in [0.25, 0.3) is 0 Å². The van der Waals surface area contributed by atoms with Gasteiger partial charge in [-0.15, -0.1) is 0 Å². The van der Waals surface area contributed by atoms with Crippen LogP contribution in [-0.4, -0.2) is 23.4 Å². The number of likely N-dealkylation sites (N-methyl/N-ethyl adjacent to an activating group) is 1. The number of hydrogen-bond donors (Lipinski definition) is 1. The first kappa shape index (κ1) is 13.5. The van der Waals surface area contributed by atoms with Crippen LogP contribution in [0.5, 0.6) is 0 Å². The van der Waals surface area contributed by atoms with E-state index >= 15 is 0 Å². The van der Waals surface area contributed by atoms with Crippen molar-refractivity contribution in [1.29, 1.82) is 0 Å². The Morgan fingerprint density at radius 1 is 1.56 bits per heavy atom. The largest absolute Gasteiger partial charge is 0.334 e. The molecule has 0 spiro atoms. The first-order valence-electron chi connectivity index (χ1n) is 6.04. The molecule has 1 saturated heterocycles. The average Bonchev–Trinajstić information content (AvgIpc) is 2.33. The molecule has 2 unspecified atom stereocenters. The smallest absolute Gasteiger partial charge is 0.223 e. The summed E-state index contributed by atoms with van der Waals surface area (Å²) in [6.07, 6.45) is 1.05. The van der Waals surface area contributed by atoms with Gasteiger partial charge in [-0.05, 0) is 25.5 Å². The maximum Gasteiger partial charge on any atom is 0.223 e. The van der Waals surface area contributed by atoms with Crippen molar-refractivity contribution in [3.05, 3.63) is 34.1 Å². The van der Waals surface area contributed by atoms with Gasteiger partial charge in [0.15, 0.2) is 0 Å². The molecule has 1 amide bonds. The Morgan fingerprint density at radius 3 is 2.89 bits per heavy atom. The van der Waals surface area contributed by atoms with E-state index in [0.29, 0.717) is 29.4 Å². The minimum atomic E-state index is -0.357. The normalized spacial score (nSPS) is 24.4. The number of benzene rings is 1. The highest BCUT2D eigenvalue weighted by Gasteiger charge is 2.35. The van der Waals surface area contributed by atoms with Gasteiger partial charge in [0.2, 0.25) is 5.91 Å². The molecule has 2 rings (SSSR count). The Balaban J connectivity index is 2.41. The summed E-state index contributed by atoms with van der Waals surface area (Å²) in [7, 11) is 0. The highest BCUT2D eigenvalue weighted by atomic mass is 79.9. The van der Waals surface area contributed by atoms with Crippen molar-refractivity contribution in [2.45, 2.75) is 31.8 Å². The van der Waals surface area contributed by atoms with Gasteiger partial charge in [-0.2, -0.15) is 0 Å². The van der Waals surface area contributed by atoms with E-state index in [1.54, 1.807) is 17.0 Å². The monoisotopic (exact) mass is 314 g/mol. The molecule has 1 aromatic carbocycles. The van der Waals surface area contributed by atoms with Gasteiger partial charge in [0.1, 0.15) is 5.82 Å². The van der Waals surface area contributed by atoms with Crippen LogP contribution in [0.4, 0.5) is 4.39 Å². The highest BCUT2D eigenvalue weighted by molar-refractivity contribution is 9.10. The van der Waals surface area contributed by atoms with Gasteiger partial charge in [-0.25, -0.2) is 4.39 Å². The van der Waals surface area contributed by atoms with E-state index in [0.717, 1.165) is 0 Å². The van der Waals surface area contributed by atoms with Crippen LogP contribution >= 0.6 is 15.9 Å². The predicted molar refractivity (Wildman–Crippen MR) is 71.4 cm³/mol. The number of nitrogens with two attached hydrogens (primary N) is 1. The van der Waals surface area contributed by atoms with Crippen LogP contribution in [0.3, 0.4) is 0 Å². The third kappa shape index (κ3) is 2.42. The summed E-state index contributed by atoms with van der Waals surface area (Å²) in [5, 5.41) is 0. The lowest BCUT2D eigenvalue weighted by atomic mass is 9.90. The molecule has 1 aliphatic rings. The molecule has 1 aliphatic heterocycles. The molecule has 1 aromatic rings. The molecule has 3 nitrogen and oxygen atoms in total. The number of rotatable bonds is 2. The summed E-state index contributed by atoms with van der Waals surface area (Å²) in [6, 6.07) is 4.32. The molecular weight excluding hydrogens is 299 g/mol. The van der Waals surface area contributed by atoms with Crippen molar-refractivity contribution < 1.29 is 9.18 Å². The van der Waals surface area contributed by atoms with E-state index in [1.807, 2.05) is 6.92 Å². The first-order chi connectivity index (χ1) is 8.54. The second kappa shape index (κ2) is 5.36. The summed E-state index contributed by atoms with van der Waals surface area (Å²) < 4.78 is 14.7. The zero-order chi connectivity index (χ0) is 13.3. The van der Waals surface area contributed by atoms with Gasteiger partial charge in [-0.1, -0.05) is 22.0 Å². The molecule has 98 valence electrons. The fourth-order valence-corrected chi connectivity index (χ4v) is 2.82. The van der Waals surface area contributed by atoms with Gasteiger partial charge in [0.25, 0.3) is 0 Å². The van der Waals surface area contributed by atoms with E-state index in [-0.39, 0.29) is 23.8 Å². The quantitative estimate of drug-likeness (QED) is 0.912. The summed E-state index contributed by atoms with van der Waals surface area (Å²) in [5.74, 6) is -0.274. The number of hydrogen-bond acceptors (Lipinski definition) is 2. The molecule has 0 radical (unpaired) electrons. The number of amides is 1. The number of piperidine rings is 1. The molecule has 1 heterocycles. The van der Waals surface area contributed by atoms with Crippen LogP contribution in [0, 0.1) is 5.82 Å². The fourth-order valence-electron chi connectivity index (χ4n) is 2.49. The molecule has 18 heavy (non-hydrogen) atoms. The van der Waals surface area contributed by atoms with Gasteiger partial charge in [0, 0.05) is 29.0 Å². The Hall–Kier alpha value is -0.940. The van der Waals surface area contributed by atoms with Crippen LogP contribution in [0.15, 0.2) is 22.7 Å². The lowest BCUT2D eigenvalue weighted by molar-refractivity contribution is -0.137.